The van der Waals surface area contributed by atoms with Crippen molar-refractivity contribution in [3.63, 3.8) is 0 Å². The van der Waals surface area contributed by atoms with Gasteiger partial charge in [0, 0.05) is 31.0 Å². The van der Waals surface area contributed by atoms with Crippen molar-refractivity contribution in [2.75, 3.05) is 69.5 Å². The Morgan fingerprint density at radius 1 is 1.16 bits per heavy atom. The molecule has 9 heteroatoms. The standard InChI is InChI=1S/C22H29N3O5S/c1-24(12-15-31(27,28)21-5-3-4-20(16-21)29-2)17-22(26)23-18-6-8-19(9-7-18)25-10-13-30-14-11-25/h3-9,16H,10-15,17H2,1-2H3,(H,23,26). The van der Waals surface area contributed by atoms with Gasteiger partial charge < -0.3 is 19.7 Å². The number of morpholine rings is 1. The number of nitrogens with one attached hydrogen (secondary N) is 1. The Hall–Kier alpha value is -2.62. The molecule has 2 aromatic carbocycles. The van der Waals surface area contributed by atoms with Crippen LogP contribution in [0, 0.1) is 0 Å². The molecule has 0 bridgehead atoms. The SMILES string of the molecule is COc1cccc(S(=O)(=O)CCN(C)CC(=O)Nc2ccc(N3CCOCC3)cc2)c1. The molecule has 0 aromatic heterocycles. The van der Waals surface area contributed by atoms with E-state index in [2.05, 4.69) is 10.2 Å². The van der Waals surface area contributed by atoms with E-state index in [4.69, 9.17) is 9.47 Å². The van der Waals surface area contributed by atoms with Crippen LogP contribution in [0.5, 0.6) is 5.75 Å². The Morgan fingerprint density at radius 2 is 1.87 bits per heavy atom. The van der Waals surface area contributed by atoms with Gasteiger partial charge in [-0.05, 0) is 49.5 Å². The second-order valence-electron chi connectivity index (χ2n) is 7.43. The zero-order valence-corrected chi connectivity index (χ0v) is 18.7. The summed E-state index contributed by atoms with van der Waals surface area (Å²) in [5, 5.41) is 2.86. The Labute approximate surface area is 183 Å². The van der Waals surface area contributed by atoms with E-state index in [1.54, 1.807) is 30.1 Å². The number of hydrogen-bond donors (Lipinski definition) is 1. The normalized spacial score (nSPS) is 14.5. The molecule has 1 amide bonds. The first kappa shape index (κ1) is 23.1. The lowest BCUT2D eigenvalue weighted by molar-refractivity contribution is -0.117. The van der Waals surface area contributed by atoms with E-state index in [0.717, 1.165) is 32.0 Å². The van der Waals surface area contributed by atoms with E-state index < -0.39 is 9.84 Å². The number of likely N-dealkylation sites (N-methyl/N-ethyl adjacent to an activating group) is 1. The highest BCUT2D eigenvalue weighted by molar-refractivity contribution is 7.91. The Kier molecular flexibility index (Phi) is 7.89. The molecule has 0 saturated carbocycles. The van der Waals surface area contributed by atoms with Gasteiger partial charge in [0.2, 0.25) is 5.91 Å². The largest absolute Gasteiger partial charge is 0.497 e. The molecule has 1 aliphatic heterocycles. The number of hydrogen-bond acceptors (Lipinski definition) is 7. The molecule has 3 rings (SSSR count). The number of sulfone groups is 1. The van der Waals surface area contributed by atoms with Gasteiger partial charge in [-0.15, -0.1) is 0 Å². The Balaban J connectivity index is 1.47. The maximum Gasteiger partial charge on any atom is 0.238 e. The number of ether oxygens (including phenoxy) is 2. The average molecular weight is 448 g/mol. The highest BCUT2D eigenvalue weighted by Crippen LogP contribution is 2.20. The van der Waals surface area contributed by atoms with Crippen LogP contribution < -0.4 is 15.0 Å². The Morgan fingerprint density at radius 3 is 2.55 bits per heavy atom. The van der Waals surface area contributed by atoms with Crippen LogP contribution in [0.2, 0.25) is 0 Å². The third kappa shape index (κ3) is 6.68. The third-order valence-electron chi connectivity index (χ3n) is 5.08. The fourth-order valence-electron chi connectivity index (χ4n) is 3.29. The number of benzene rings is 2. The lowest BCUT2D eigenvalue weighted by Crippen LogP contribution is -2.36. The van der Waals surface area contributed by atoms with Gasteiger partial charge in [-0.1, -0.05) is 6.07 Å². The van der Waals surface area contributed by atoms with Crippen LogP contribution in [0.15, 0.2) is 53.4 Å². The minimum absolute atomic E-state index is 0.0851. The highest BCUT2D eigenvalue weighted by atomic mass is 32.2. The van der Waals surface area contributed by atoms with Crippen LogP contribution >= 0.6 is 0 Å². The van der Waals surface area contributed by atoms with E-state index in [0.29, 0.717) is 11.4 Å². The van der Waals surface area contributed by atoms with E-state index in [9.17, 15) is 13.2 Å². The van der Waals surface area contributed by atoms with Gasteiger partial charge in [0.25, 0.3) is 0 Å². The van der Waals surface area contributed by atoms with Gasteiger partial charge in [-0.3, -0.25) is 9.69 Å². The second kappa shape index (κ2) is 10.6. The molecule has 1 N–H and O–H groups in total. The van der Waals surface area contributed by atoms with Crippen LogP contribution in [0.25, 0.3) is 0 Å². The van der Waals surface area contributed by atoms with E-state index in [1.807, 2.05) is 24.3 Å². The fourth-order valence-corrected chi connectivity index (χ4v) is 4.66. The summed E-state index contributed by atoms with van der Waals surface area (Å²) < 4.78 is 35.6. The summed E-state index contributed by atoms with van der Waals surface area (Å²) >= 11 is 0. The number of rotatable bonds is 9. The van der Waals surface area contributed by atoms with Gasteiger partial charge >= 0.3 is 0 Å². The van der Waals surface area contributed by atoms with Crippen molar-refractivity contribution < 1.29 is 22.7 Å². The number of carbonyl (C=O) groups excluding carboxylic acids is 1. The molecular weight excluding hydrogens is 418 g/mol. The molecule has 8 nitrogen and oxygen atoms in total. The zero-order chi connectivity index (χ0) is 22.3. The van der Waals surface area contributed by atoms with Crippen molar-refractivity contribution in [2.24, 2.45) is 0 Å². The predicted octanol–water partition coefficient (Wildman–Crippen LogP) is 1.88. The quantitative estimate of drug-likeness (QED) is 0.628. The van der Waals surface area contributed by atoms with Crippen molar-refractivity contribution >= 4 is 27.1 Å². The molecule has 1 heterocycles. The van der Waals surface area contributed by atoms with E-state index in [-0.39, 0.29) is 29.6 Å². The zero-order valence-electron chi connectivity index (χ0n) is 17.9. The smallest absolute Gasteiger partial charge is 0.238 e. The summed E-state index contributed by atoms with van der Waals surface area (Å²) in [7, 11) is -0.246. The molecule has 0 radical (unpaired) electrons. The lowest BCUT2D eigenvalue weighted by Gasteiger charge is -2.28. The minimum Gasteiger partial charge on any atom is -0.497 e. The van der Waals surface area contributed by atoms with Crippen LogP contribution in [-0.2, 0) is 19.4 Å². The summed E-state index contributed by atoms with van der Waals surface area (Å²) in [6, 6.07) is 14.1. The second-order valence-corrected chi connectivity index (χ2v) is 9.54. The minimum atomic E-state index is -3.47. The van der Waals surface area contributed by atoms with Crippen molar-refractivity contribution in [1.82, 2.24) is 4.90 Å². The lowest BCUT2D eigenvalue weighted by atomic mass is 10.2. The van der Waals surface area contributed by atoms with Crippen molar-refractivity contribution in [3.05, 3.63) is 48.5 Å². The first-order valence-corrected chi connectivity index (χ1v) is 11.8. The number of methoxy groups -OCH3 is 1. The number of carbonyl (C=O) groups is 1. The monoisotopic (exact) mass is 447 g/mol. The topological polar surface area (TPSA) is 88.2 Å². The summed E-state index contributed by atoms with van der Waals surface area (Å²) in [4.78, 5) is 16.5. The number of anilines is 2. The third-order valence-corrected chi connectivity index (χ3v) is 6.78. The molecule has 1 fully saturated rings. The summed E-state index contributed by atoms with van der Waals surface area (Å²) in [5.74, 6) is 0.215. The first-order chi connectivity index (χ1) is 14.9. The van der Waals surface area contributed by atoms with Crippen molar-refractivity contribution in [1.29, 1.82) is 0 Å². The number of nitrogens with zero attached hydrogens (tertiary/aromatic N) is 2. The summed E-state index contributed by atoms with van der Waals surface area (Å²) in [6.45, 7) is 3.49. The van der Waals surface area contributed by atoms with E-state index >= 15 is 0 Å². The van der Waals surface area contributed by atoms with Gasteiger partial charge in [-0.25, -0.2) is 8.42 Å². The van der Waals surface area contributed by atoms with Gasteiger partial charge in [0.15, 0.2) is 9.84 Å². The van der Waals surface area contributed by atoms with Gasteiger partial charge in [0.05, 0.1) is 37.5 Å². The average Bonchev–Trinajstić information content (AvgIpc) is 2.79. The molecule has 0 spiro atoms. The number of amides is 1. The molecular formula is C22H29N3O5S. The Bertz CT molecular complexity index is 973. The van der Waals surface area contributed by atoms with Crippen molar-refractivity contribution in [2.45, 2.75) is 4.90 Å². The van der Waals surface area contributed by atoms with Gasteiger partial charge in [0.1, 0.15) is 5.75 Å². The highest BCUT2D eigenvalue weighted by Gasteiger charge is 2.17. The van der Waals surface area contributed by atoms with E-state index in [1.165, 1.54) is 13.2 Å². The summed E-state index contributed by atoms with van der Waals surface area (Å²) in [5.41, 5.74) is 1.81. The van der Waals surface area contributed by atoms with Gasteiger partial charge in [-0.2, -0.15) is 0 Å². The van der Waals surface area contributed by atoms with Crippen LogP contribution in [0.1, 0.15) is 0 Å². The predicted molar refractivity (Wildman–Crippen MR) is 121 cm³/mol. The fraction of sp³-hybridized carbons (Fsp3) is 0.409. The molecule has 1 saturated heterocycles. The molecule has 168 valence electrons. The summed E-state index contributed by atoms with van der Waals surface area (Å²) in [6.07, 6.45) is 0. The molecule has 2 aromatic rings. The van der Waals surface area contributed by atoms with Crippen LogP contribution in [0.3, 0.4) is 0 Å². The molecule has 1 aliphatic rings. The molecule has 31 heavy (non-hydrogen) atoms. The van der Waals surface area contributed by atoms with Crippen LogP contribution in [0.4, 0.5) is 11.4 Å². The van der Waals surface area contributed by atoms with Crippen molar-refractivity contribution in [3.8, 4) is 5.75 Å². The maximum atomic E-state index is 12.5. The first-order valence-electron chi connectivity index (χ1n) is 10.2. The molecule has 0 unspecified atom stereocenters. The molecule has 0 aliphatic carbocycles. The van der Waals surface area contributed by atoms with Crippen LogP contribution in [-0.4, -0.2) is 78.5 Å². The molecule has 0 atom stereocenters. The maximum absolute atomic E-state index is 12.5.